The van der Waals surface area contributed by atoms with Gasteiger partial charge in [-0.1, -0.05) is 91.0 Å². The molecule has 0 spiro atoms. The van der Waals surface area contributed by atoms with Gasteiger partial charge in [-0.3, -0.25) is 0 Å². The standard InChI is InChI=1S/C25H25N3/c1-28-24(18-21-13-7-3-8-14-21)23(17-20-11-5-2-6-12-20)27-25(28)26-19-22-15-9-4-10-16-22/h2-16H,17-19H2,1H3,(H,26,27). The van der Waals surface area contributed by atoms with E-state index in [1.807, 2.05) is 6.07 Å². The van der Waals surface area contributed by atoms with E-state index in [2.05, 4.69) is 102 Å². The molecule has 0 aliphatic heterocycles. The van der Waals surface area contributed by atoms with Crippen molar-refractivity contribution in [3.8, 4) is 0 Å². The Morgan fingerprint density at radius 1 is 0.679 bits per heavy atom. The average Bonchev–Trinajstić information content (AvgIpc) is 3.03. The van der Waals surface area contributed by atoms with Gasteiger partial charge in [0.2, 0.25) is 5.95 Å². The molecule has 1 aromatic heterocycles. The van der Waals surface area contributed by atoms with E-state index in [1.165, 1.54) is 22.4 Å². The third-order valence-electron chi connectivity index (χ3n) is 5.02. The van der Waals surface area contributed by atoms with Gasteiger partial charge < -0.3 is 9.88 Å². The summed E-state index contributed by atoms with van der Waals surface area (Å²) >= 11 is 0. The number of aromatic nitrogens is 2. The first-order valence-corrected chi connectivity index (χ1v) is 9.70. The van der Waals surface area contributed by atoms with Crippen LogP contribution in [0.1, 0.15) is 28.1 Å². The van der Waals surface area contributed by atoms with Crippen LogP contribution < -0.4 is 5.32 Å². The van der Waals surface area contributed by atoms with E-state index in [0.717, 1.165) is 31.0 Å². The second-order valence-electron chi connectivity index (χ2n) is 7.05. The Morgan fingerprint density at radius 2 is 1.18 bits per heavy atom. The third kappa shape index (κ3) is 4.32. The number of anilines is 1. The monoisotopic (exact) mass is 367 g/mol. The number of hydrogen-bond acceptors (Lipinski definition) is 2. The molecular formula is C25H25N3. The molecule has 0 aliphatic carbocycles. The van der Waals surface area contributed by atoms with E-state index in [4.69, 9.17) is 4.98 Å². The van der Waals surface area contributed by atoms with Gasteiger partial charge >= 0.3 is 0 Å². The van der Waals surface area contributed by atoms with Crippen molar-refractivity contribution in [3.05, 3.63) is 119 Å². The minimum absolute atomic E-state index is 0.765. The molecule has 140 valence electrons. The first-order chi connectivity index (χ1) is 13.8. The van der Waals surface area contributed by atoms with Crippen LogP contribution in [0.15, 0.2) is 91.0 Å². The van der Waals surface area contributed by atoms with Gasteiger partial charge in [0.05, 0.1) is 5.69 Å². The highest BCUT2D eigenvalue weighted by Gasteiger charge is 2.15. The van der Waals surface area contributed by atoms with Crippen molar-refractivity contribution < 1.29 is 0 Å². The van der Waals surface area contributed by atoms with E-state index in [-0.39, 0.29) is 0 Å². The lowest BCUT2D eigenvalue weighted by molar-refractivity contribution is 0.835. The normalized spacial score (nSPS) is 10.8. The van der Waals surface area contributed by atoms with Gasteiger partial charge in [-0.05, 0) is 16.7 Å². The van der Waals surface area contributed by atoms with Crippen LogP contribution in [0.4, 0.5) is 5.95 Å². The minimum atomic E-state index is 0.765. The third-order valence-corrected chi connectivity index (χ3v) is 5.02. The van der Waals surface area contributed by atoms with Crippen molar-refractivity contribution in [2.24, 2.45) is 7.05 Å². The lowest BCUT2D eigenvalue weighted by atomic mass is 10.0. The van der Waals surface area contributed by atoms with E-state index < -0.39 is 0 Å². The summed E-state index contributed by atoms with van der Waals surface area (Å²) in [5, 5.41) is 3.51. The molecule has 3 aromatic carbocycles. The highest BCUT2D eigenvalue weighted by molar-refractivity contribution is 5.39. The van der Waals surface area contributed by atoms with Gasteiger partial charge in [-0.2, -0.15) is 0 Å². The van der Waals surface area contributed by atoms with Crippen LogP contribution in [0.5, 0.6) is 0 Å². The van der Waals surface area contributed by atoms with Crippen molar-refractivity contribution in [3.63, 3.8) is 0 Å². The Morgan fingerprint density at radius 3 is 1.75 bits per heavy atom. The molecular weight excluding hydrogens is 342 g/mol. The molecule has 0 saturated carbocycles. The maximum Gasteiger partial charge on any atom is 0.203 e. The molecule has 4 rings (SSSR count). The van der Waals surface area contributed by atoms with Crippen molar-refractivity contribution in [2.75, 3.05) is 5.32 Å². The Bertz CT molecular complexity index is 1010. The zero-order valence-corrected chi connectivity index (χ0v) is 16.2. The van der Waals surface area contributed by atoms with Crippen LogP contribution in [-0.4, -0.2) is 9.55 Å². The quantitative estimate of drug-likeness (QED) is 0.486. The molecule has 1 heterocycles. The smallest absolute Gasteiger partial charge is 0.203 e. The lowest BCUT2D eigenvalue weighted by Crippen LogP contribution is -2.07. The van der Waals surface area contributed by atoms with Gasteiger partial charge in [0.1, 0.15) is 0 Å². The summed E-state index contributed by atoms with van der Waals surface area (Å²) in [5.74, 6) is 0.917. The van der Waals surface area contributed by atoms with Gasteiger partial charge in [0.25, 0.3) is 0 Å². The van der Waals surface area contributed by atoms with Gasteiger partial charge in [0.15, 0.2) is 0 Å². The molecule has 0 fully saturated rings. The fraction of sp³-hybridized carbons (Fsp3) is 0.160. The molecule has 0 unspecified atom stereocenters. The Labute approximate surface area is 166 Å². The van der Waals surface area contributed by atoms with E-state index in [1.54, 1.807) is 0 Å². The Kier molecular flexibility index (Phi) is 5.53. The van der Waals surface area contributed by atoms with Crippen molar-refractivity contribution in [2.45, 2.75) is 19.4 Å². The number of hydrogen-bond donors (Lipinski definition) is 1. The zero-order valence-electron chi connectivity index (χ0n) is 16.2. The number of nitrogens with one attached hydrogen (secondary N) is 1. The molecule has 1 N–H and O–H groups in total. The Hall–Kier alpha value is -3.33. The number of imidazole rings is 1. The SMILES string of the molecule is Cn1c(NCc2ccccc2)nc(Cc2ccccc2)c1Cc1ccccc1. The summed E-state index contributed by atoms with van der Waals surface area (Å²) in [6.45, 7) is 0.765. The summed E-state index contributed by atoms with van der Waals surface area (Å²) in [7, 11) is 2.10. The van der Waals surface area contributed by atoms with Crippen LogP contribution in [0.3, 0.4) is 0 Å². The Balaban J connectivity index is 1.62. The zero-order chi connectivity index (χ0) is 19.2. The molecule has 0 radical (unpaired) electrons. The lowest BCUT2D eigenvalue weighted by Gasteiger charge is -2.09. The maximum atomic E-state index is 4.97. The first-order valence-electron chi connectivity index (χ1n) is 9.70. The van der Waals surface area contributed by atoms with Gasteiger partial charge in [0, 0.05) is 32.1 Å². The predicted octanol–water partition coefficient (Wildman–Crippen LogP) is 5.21. The maximum absolute atomic E-state index is 4.97. The van der Waals surface area contributed by atoms with Crippen LogP contribution in [0.2, 0.25) is 0 Å². The van der Waals surface area contributed by atoms with Crippen LogP contribution in [0.25, 0.3) is 0 Å². The molecule has 0 bridgehead atoms. The van der Waals surface area contributed by atoms with E-state index in [9.17, 15) is 0 Å². The second-order valence-corrected chi connectivity index (χ2v) is 7.05. The summed E-state index contributed by atoms with van der Waals surface area (Å²) in [5.41, 5.74) is 6.22. The molecule has 28 heavy (non-hydrogen) atoms. The first kappa shape index (κ1) is 18.1. The van der Waals surface area contributed by atoms with Crippen molar-refractivity contribution >= 4 is 5.95 Å². The second kappa shape index (κ2) is 8.57. The van der Waals surface area contributed by atoms with Crippen molar-refractivity contribution in [1.82, 2.24) is 9.55 Å². The molecule has 0 atom stereocenters. The van der Waals surface area contributed by atoms with Gasteiger partial charge in [-0.25, -0.2) is 4.98 Å². The summed E-state index contributed by atoms with van der Waals surface area (Å²) in [6, 6.07) is 31.6. The molecule has 0 amide bonds. The number of nitrogens with zero attached hydrogens (tertiary/aromatic N) is 2. The highest BCUT2D eigenvalue weighted by Crippen LogP contribution is 2.22. The summed E-state index contributed by atoms with van der Waals surface area (Å²) in [4.78, 5) is 4.97. The molecule has 4 aromatic rings. The van der Waals surface area contributed by atoms with Crippen LogP contribution in [0, 0.1) is 0 Å². The number of benzene rings is 3. The summed E-state index contributed by atoms with van der Waals surface area (Å²) in [6.07, 6.45) is 1.71. The average molecular weight is 367 g/mol. The minimum Gasteiger partial charge on any atom is -0.352 e. The number of rotatable bonds is 7. The fourth-order valence-corrected chi connectivity index (χ4v) is 3.46. The largest absolute Gasteiger partial charge is 0.352 e. The van der Waals surface area contributed by atoms with Crippen molar-refractivity contribution in [1.29, 1.82) is 0 Å². The van der Waals surface area contributed by atoms with E-state index >= 15 is 0 Å². The predicted molar refractivity (Wildman–Crippen MR) is 115 cm³/mol. The molecule has 3 nitrogen and oxygen atoms in total. The molecule has 0 saturated heterocycles. The van der Waals surface area contributed by atoms with Gasteiger partial charge in [-0.15, -0.1) is 0 Å². The molecule has 3 heteroatoms. The van der Waals surface area contributed by atoms with Crippen LogP contribution >= 0.6 is 0 Å². The van der Waals surface area contributed by atoms with E-state index in [0.29, 0.717) is 0 Å². The summed E-state index contributed by atoms with van der Waals surface area (Å²) < 4.78 is 2.20. The fourth-order valence-electron chi connectivity index (χ4n) is 3.46. The highest BCUT2D eigenvalue weighted by atomic mass is 15.2. The topological polar surface area (TPSA) is 29.9 Å². The van der Waals surface area contributed by atoms with Crippen LogP contribution in [-0.2, 0) is 26.4 Å². The molecule has 0 aliphatic rings.